The lowest BCUT2D eigenvalue weighted by atomic mass is 10.2. The molecule has 0 aliphatic carbocycles. The monoisotopic (exact) mass is 396 g/mol. The van der Waals surface area contributed by atoms with Crippen molar-refractivity contribution in [2.75, 3.05) is 20.3 Å². The number of nitrogens with one attached hydrogen (secondary N) is 2. The third-order valence-electron chi connectivity index (χ3n) is 4.55. The van der Waals surface area contributed by atoms with E-state index >= 15 is 0 Å². The van der Waals surface area contributed by atoms with Crippen LogP contribution in [0.15, 0.2) is 36.4 Å². The topological polar surface area (TPSA) is 120 Å². The maximum atomic E-state index is 12.0. The fourth-order valence-corrected chi connectivity index (χ4v) is 3.03. The molecule has 0 bridgehead atoms. The van der Waals surface area contributed by atoms with E-state index in [1.54, 1.807) is 23.8 Å². The summed E-state index contributed by atoms with van der Waals surface area (Å²) in [7, 11) is 1.61. The number of hydrogen-bond donors (Lipinski definition) is 2. The summed E-state index contributed by atoms with van der Waals surface area (Å²) in [6.07, 6.45) is 0.902. The molecule has 1 fully saturated rings. The van der Waals surface area contributed by atoms with E-state index in [4.69, 9.17) is 9.47 Å². The molecule has 4 rings (SSSR count). The molecule has 0 spiro atoms. The van der Waals surface area contributed by atoms with Crippen molar-refractivity contribution in [1.29, 1.82) is 0 Å². The van der Waals surface area contributed by atoms with Crippen LogP contribution in [0.2, 0.25) is 0 Å². The summed E-state index contributed by atoms with van der Waals surface area (Å²) in [5, 5.41) is 18.1. The molecule has 10 heteroatoms. The van der Waals surface area contributed by atoms with Crippen LogP contribution in [0.4, 0.5) is 0 Å². The van der Waals surface area contributed by atoms with Crippen molar-refractivity contribution in [2.45, 2.75) is 18.9 Å². The number of rotatable bonds is 7. The average Bonchev–Trinajstić information content (AvgIpc) is 3.37. The van der Waals surface area contributed by atoms with Crippen LogP contribution in [0.1, 0.15) is 12.8 Å². The minimum Gasteiger partial charge on any atom is -0.497 e. The zero-order chi connectivity index (χ0) is 20.2. The Morgan fingerprint density at radius 2 is 2.07 bits per heavy atom. The van der Waals surface area contributed by atoms with Crippen molar-refractivity contribution >= 4 is 17.5 Å². The Bertz CT molecular complexity index is 1030. The number of nitrogens with zero attached hydrogens (tertiary/aromatic N) is 4. The first kappa shape index (κ1) is 18.7. The smallest absolute Gasteiger partial charge is 0.242 e. The molecule has 10 nitrogen and oxygen atoms in total. The van der Waals surface area contributed by atoms with Gasteiger partial charge in [-0.3, -0.25) is 9.59 Å². The van der Waals surface area contributed by atoms with E-state index in [0.717, 1.165) is 11.3 Å². The number of methoxy groups -OCH3 is 1. The van der Waals surface area contributed by atoms with E-state index in [1.165, 1.54) is 0 Å². The SMILES string of the molecule is COc1ccc(-c2nnc3ccc(OCCNC(=O)C4CCC(=O)N4)nn23)cc1. The van der Waals surface area contributed by atoms with E-state index < -0.39 is 6.04 Å². The third kappa shape index (κ3) is 4.10. The van der Waals surface area contributed by atoms with Crippen LogP contribution in [-0.2, 0) is 9.59 Å². The molecule has 0 radical (unpaired) electrons. The van der Waals surface area contributed by atoms with Gasteiger partial charge in [0.05, 0.1) is 13.7 Å². The highest BCUT2D eigenvalue weighted by Crippen LogP contribution is 2.21. The van der Waals surface area contributed by atoms with Crippen LogP contribution in [0.5, 0.6) is 11.6 Å². The molecule has 150 valence electrons. The van der Waals surface area contributed by atoms with E-state index in [0.29, 0.717) is 36.7 Å². The third-order valence-corrected chi connectivity index (χ3v) is 4.55. The lowest BCUT2D eigenvalue weighted by Gasteiger charge is -2.11. The van der Waals surface area contributed by atoms with E-state index in [9.17, 15) is 9.59 Å². The van der Waals surface area contributed by atoms with Crippen molar-refractivity contribution < 1.29 is 19.1 Å². The molecule has 1 saturated heterocycles. The van der Waals surface area contributed by atoms with Crippen molar-refractivity contribution in [3.63, 3.8) is 0 Å². The Kier molecular flexibility index (Phi) is 5.23. The summed E-state index contributed by atoms with van der Waals surface area (Å²) in [5.74, 6) is 1.41. The molecule has 3 aromatic rings. The molecule has 3 heterocycles. The van der Waals surface area contributed by atoms with Gasteiger partial charge in [-0.2, -0.15) is 4.52 Å². The van der Waals surface area contributed by atoms with Gasteiger partial charge in [0.2, 0.25) is 17.7 Å². The number of fused-ring (bicyclic) bond motifs is 1. The molecule has 1 aliphatic heterocycles. The largest absolute Gasteiger partial charge is 0.497 e. The number of ether oxygens (including phenoxy) is 2. The van der Waals surface area contributed by atoms with Crippen molar-refractivity contribution in [1.82, 2.24) is 30.4 Å². The molecular formula is C19H20N6O4. The van der Waals surface area contributed by atoms with Gasteiger partial charge in [-0.15, -0.1) is 15.3 Å². The highest BCUT2D eigenvalue weighted by Gasteiger charge is 2.26. The van der Waals surface area contributed by atoms with Crippen LogP contribution < -0.4 is 20.1 Å². The lowest BCUT2D eigenvalue weighted by molar-refractivity contribution is -0.125. The van der Waals surface area contributed by atoms with Crippen LogP contribution in [0.3, 0.4) is 0 Å². The predicted octanol–water partition coefficient (Wildman–Crippen LogP) is 0.573. The van der Waals surface area contributed by atoms with E-state index in [2.05, 4.69) is 25.9 Å². The lowest BCUT2D eigenvalue weighted by Crippen LogP contribution is -2.42. The summed E-state index contributed by atoms with van der Waals surface area (Å²) in [5.41, 5.74) is 1.43. The van der Waals surface area contributed by atoms with Gasteiger partial charge in [-0.05, 0) is 36.8 Å². The Hall–Kier alpha value is -3.69. The van der Waals surface area contributed by atoms with Gasteiger partial charge >= 0.3 is 0 Å². The van der Waals surface area contributed by atoms with Gasteiger partial charge in [-0.25, -0.2) is 0 Å². The molecule has 2 N–H and O–H groups in total. The summed E-state index contributed by atoms with van der Waals surface area (Å²) in [6, 6.07) is 10.4. The molecule has 1 aromatic carbocycles. The quantitative estimate of drug-likeness (QED) is 0.560. The van der Waals surface area contributed by atoms with Crippen molar-refractivity contribution in [2.24, 2.45) is 0 Å². The van der Waals surface area contributed by atoms with Gasteiger partial charge in [0.25, 0.3) is 0 Å². The molecule has 1 unspecified atom stereocenters. The Balaban J connectivity index is 1.38. The number of amides is 2. The first-order valence-corrected chi connectivity index (χ1v) is 9.21. The zero-order valence-corrected chi connectivity index (χ0v) is 15.8. The molecule has 0 saturated carbocycles. The number of carbonyl (C=O) groups excluding carboxylic acids is 2. The van der Waals surface area contributed by atoms with Gasteiger partial charge in [-0.1, -0.05) is 0 Å². The van der Waals surface area contributed by atoms with E-state index in [1.807, 2.05) is 24.3 Å². The Labute approximate surface area is 166 Å². The highest BCUT2D eigenvalue weighted by molar-refractivity contribution is 5.90. The second kappa shape index (κ2) is 8.13. The molecular weight excluding hydrogens is 376 g/mol. The summed E-state index contributed by atoms with van der Waals surface area (Å²) < 4.78 is 12.4. The number of hydrogen-bond acceptors (Lipinski definition) is 7. The standard InChI is InChI=1S/C19H20N6O4/c1-28-13-4-2-12(3-5-13)18-23-22-15-7-9-17(24-25(15)18)29-11-10-20-19(27)14-6-8-16(26)21-14/h2-5,7,9,14H,6,8,10-11H2,1H3,(H,20,27)(H,21,26). The number of aromatic nitrogens is 4. The Morgan fingerprint density at radius 3 is 2.79 bits per heavy atom. The van der Waals surface area contributed by atoms with Gasteiger partial charge in [0.1, 0.15) is 18.4 Å². The van der Waals surface area contributed by atoms with Gasteiger partial charge in [0, 0.05) is 18.1 Å². The second-order valence-electron chi connectivity index (χ2n) is 6.49. The first-order valence-electron chi connectivity index (χ1n) is 9.21. The fourth-order valence-electron chi connectivity index (χ4n) is 3.03. The molecule has 2 aromatic heterocycles. The van der Waals surface area contributed by atoms with E-state index in [-0.39, 0.29) is 18.4 Å². The van der Waals surface area contributed by atoms with Crippen LogP contribution >= 0.6 is 0 Å². The van der Waals surface area contributed by atoms with Crippen LogP contribution in [0.25, 0.3) is 17.0 Å². The summed E-state index contributed by atoms with van der Waals surface area (Å²) in [4.78, 5) is 23.1. The van der Waals surface area contributed by atoms with Crippen LogP contribution in [0, 0.1) is 0 Å². The van der Waals surface area contributed by atoms with Crippen molar-refractivity contribution in [3.8, 4) is 23.0 Å². The summed E-state index contributed by atoms with van der Waals surface area (Å²) >= 11 is 0. The maximum Gasteiger partial charge on any atom is 0.242 e. The maximum absolute atomic E-state index is 12.0. The van der Waals surface area contributed by atoms with Gasteiger partial charge < -0.3 is 20.1 Å². The van der Waals surface area contributed by atoms with Gasteiger partial charge in [0.15, 0.2) is 11.5 Å². The predicted molar refractivity (Wildman–Crippen MR) is 102 cm³/mol. The molecule has 1 aliphatic rings. The number of benzene rings is 1. The van der Waals surface area contributed by atoms with Crippen molar-refractivity contribution in [3.05, 3.63) is 36.4 Å². The molecule has 1 atom stereocenters. The zero-order valence-electron chi connectivity index (χ0n) is 15.8. The fraction of sp³-hybridized carbons (Fsp3) is 0.316. The molecule has 2 amide bonds. The highest BCUT2D eigenvalue weighted by atomic mass is 16.5. The second-order valence-corrected chi connectivity index (χ2v) is 6.49. The molecule has 29 heavy (non-hydrogen) atoms. The van der Waals surface area contributed by atoms with Crippen LogP contribution in [-0.4, -0.2) is 57.9 Å². The average molecular weight is 396 g/mol. The normalized spacial score (nSPS) is 15.9. The summed E-state index contributed by atoms with van der Waals surface area (Å²) in [6.45, 7) is 0.545. The Morgan fingerprint density at radius 1 is 1.24 bits per heavy atom. The minimum absolute atomic E-state index is 0.0968. The minimum atomic E-state index is -0.457. The first-order chi connectivity index (χ1) is 14.1. The number of carbonyl (C=O) groups is 2.